The van der Waals surface area contributed by atoms with E-state index in [0.717, 1.165) is 30.8 Å². The molecule has 0 heterocycles. The van der Waals surface area contributed by atoms with Crippen molar-refractivity contribution >= 4 is 43.6 Å². The molecule has 8 nitrogen and oxygen atoms in total. The van der Waals surface area contributed by atoms with Gasteiger partial charge in [0, 0.05) is 31.7 Å². The maximum Gasteiger partial charge on any atom is 0.304 e. The molecule has 0 spiro atoms. The van der Waals surface area contributed by atoms with Crippen LogP contribution in [0.1, 0.15) is 19.4 Å². The number of nitrogens with one attached hydrogen (secondary N) is 1. The first-order valence-corrected chi connectivity index (χ1v) is 12.4. The van der Waals surface area contributed by atoms with Crippen LogP contribution in [-0.4, -0.2) is 62.7 Å². The largest absolute Gasteiger partial charge is 0.355 e. The summed E-state index contributed by atoms with van der Waals surface area (Å²) in [6, 6.07) is 11.2. The Hall–Kier alpha value is -2.50. The van der Waals surface area contributed by atoms with E-state index in [1.165, 1.54) is 31.1 Å². The summed E-state index contributed by atoms with van der Waals surface area (Å²) < 4.78 is 42.1. The van der Waals surface area contributed by atoms with E-state index in [0.29, 0.717) is 6.54 Å². The number of halogens is 2. The second-order valence-electron chi connectivity index (χ2n) is 7.50. The lowest BCUT2D eigenvalue weighted by atomic mass is 10.1. The highest BCUT2D eigenvalue weighted by Gasteiger charge is 2.32. The smallest absolute Gasteiger partial charge is 0.304 e. The highest BCUT2D eigenvalue weighted by molar-refractivity contribution is 9.10. The molecule has 0 aliphatic carbocycles. The van der Waals surface area contributed by atoms with Gasteiger partial charge in [-0.3, -0.25) is 9.59 Å². The number of likely N-dealkylation sites (N-methyl/N-ethyl adjacent to an activating group) is 1. The fraction of sp³-hybridized carbons (Fsp3) is 0.364. The molecule has 0 fully saturated rings. The van der Waals surface area contributed by atoms with Gasteiger partial charge in [0.15, 0.2) is 0 Å². The van der Waals surface area contributed by atoms with Gasteiger partial charge in [0.05, 0.1) is 5.69 Å². The quantitative estimate of drug-likeness (QED) is 0.499. The topological polar surface area (TPSA) is 90.0 Å². The number of rotatable bonds is 10. The zero-order chi connectivity index (χ0) is 24.8. The first-order valence-electron chi connectivity index (χ1n) is 10.2. The van der Waals surface area contributed by atoms with Crippen molar-refractivity contribution in [2.75, 3.05) is 31.5 Å². The molecule has 2 rings (SSSR count). The molecule has 0 saturated carbocycles. The van der Waals surface area contributed by atoms with Crippen LogP contribution in [0.5, 0.6) is 0 Å². The number of benzene rings is 2. The molecule has 2 aromatic rings. The Morgan fingerprint density at radius 3 is 2.30 bits per heavy atom. The molecule has 0 aliphatic rings. The fourth-order valence-electron chi connectivity index (χ4n) is 3.06. The molecule has 1 unspecified atom stereocenters. The Bertz CT molecular complexity index is 1080. The van der Waals surface area contributed by atoms with E-state index >= 15 is 0 Å². The van der Waals surface area contributed by atoms with E-state index in [4.69, 9.17) is 0 Å². The molecule has 180 valence electrons. The maximum atomic E-state index is 13.4. The summed E-state index contributed by atoms with van der Waals surface area (Å²) in [6.07, 6.45) is 0. The van der Waals surface area contributed by atoms with Crippen LogP contribution in [-0.2, 0) is 26.3 Å². The maximum absolute atomic E-state index is 13.4. The summed E-state index contributed by atoms with van der Waals surface area (Å²) in [4.78, 5) is 27.3. The average molecular weight is 543 g/mol. The number of hydrogen-bond donors (Lipinski definition) is 1. The molecule has 1 N–H and O–H groups in total. The van der Waals surface area contributed by atoms with Crippen molar-refractivity contribution in [3.8, 4) is 0 Å². The lowest BCUT2D eigenvalue weighted by molar-refractivity contribution is -0.139. The molecular formula is C22H28BrFN4O4S. The monoisotopic (exact) mass is 542 g/mol. The van der Waals surface area contributed by atoms with Gasteiger partial charge in [0.2, 0.25) is 11.8 Å². The first kappa shape index (κ1) is 26.7. The summed E-state index contributed by atoms with van der Waals surface area (Å²) in [5.74, 6) is -1.47. The van der Waals surface area contributed by atoms with Crippen LogP contribution in [0.4, 0.5) is 10.1 Å². The van der Waals surface area contributed by atoms with Crippen LogP contribution in [0.2, 0.25) is 0 Å². The normalized spacial score (nSPS) is 12.3. The van der Waals surface area contributed by atoms with Crippen molar-refractivity contribution in [2.45, 2.75) is 26.4 Å². The minimum atomic E-state index is -4.08. The fourth-order valence-corrected chi connectivity index (χ4v) is 4.56. The van der Waals surface area contributed by atoms with Crippen LogP contribution in [0.15, 0.2) is 53.0 Å². The SMILES string of the molecule is CCNC(=O)C(C)N(Cc1cccc(Br)c1)C(=O)CN(c1ccc(F)cc1)S(=O)(=O)N(C)C. The molecule has 2 aromatic carbocycles. The molecule has 1 atom stereocenters. The van der Waals surface area contributed by atoms with Crippen molar-refractivity contribution in [2.24, 2.45) is 0 Å². The van der Waals surface area contributed by atoms with Gasteiger partial charge in [0.25, 0.3) is 0 Å². The van der Waals surface area contributed by atoms with Crippen molar-refractivity contribution < 1.29 is 22.4 Å². The van der Waals surface area contributed by atoms with Crippen LogP contribution < -0.4 is 9.62 Å². The average Bonchev–Trinajstić information content (AvgIpc) is 2.76. The molecular weight excluding hydrogens is 515 g/mol. The minimum Gasteiger partial charge on any atom is -0.355 e. The third kappa shape index (κ3) is 6.99. The molecule has 11 heteroatoms. The summed E-state index contributed by atoms with van der Waals surface area (Å²) >= 11 is 3.39. The van der Waals surface area contributed by atoms with E-state index < -0.39 is 34.5 Å². The lowest BCUT2D eigenvalue weighted by Gasteiger charge is -2.32. The number of nitrogens with zero attached hydrogens (tertiary/aromatic N) is 3. The summed E-state index contributed by atoms with van der Waals surface area (Å²) in [6.45, 7) is 3.27. The molecule has 0 saturated heterocycles. The van der Waals surface area contributed by atoms with Gasteiger partial charge in [-0.25, -0.2) is 8.70 Å². The Labute approximate surface area is 202 Å². The second kappa shape index (κ2) is 11.6. The van der Waals surface area contributed by atoms with Crippen molar-refractivity contribution in [1.82, 2.24) is 14.5 Å². The Morgan fingerprint density at radius 2 is 1.76 bits per heavy atom. The zero-order valence-electron chi connectivity index (χ0n) is 19.0. The van der Waals surface area contributed by atoms with Crippen LogP contribution in [0.3, 0.4) is 0 Å². The molecule has 0 aliphatic heterocycles. The van der Waals surface area contributed by atoms with Crippen molar-refractivity contribution in [3.63, 3.8) is 0 Å². The van der Waals surface area contributed by atoms with E-state index in [1.807, 2.05) is 18.2 Å². The standard InChI is InChI=1S/C22H28BrFN4O4S/c1-5-25-22(30)16(2)27(14-17-7-6-8-18(23)13-17)21(29)15-28(33(31,32)26(3)4)20-11-9-19(24)10-12-20/h6-13,16H,5,14-15H2,1-4H3,(H,25,30). The third-order valence-corrected chi connectivity index (χ3v) is 7.21. The molecule has 2 amide bonds. The van der Waals surface area contributed by atoms with E-state index in [2.05, 4.69) is 21.2 Å². The van der Waals surface area contributed by atoms with Gasteiger partial charge < -0.3 is 10.2 Å². The van der Waals surface area contributed by atoms with Gasteiger partial charge in [-0.2, -0.15) is 12.7 Å². The van der Waals surface area contributed by atoms with Gasteiger partial charge in [-0.15, -0.1) is 0 Å². The summed E-state index contributed by atoms with van der Waals surface area (Å²) in [5, 5.41) is 2.69. The van der Waals surface area contributed by atoms with Crippen LogP contribution in [0, 0.1) is 5.82 Å². The molecule has 0 radical (unpaired) electrons. The van der Waals surface area contributed by atoms with Crippen LogP contribution >= 0.6 is 15.9 Å². The van der Waals surface area contributed by atoms with E-state index in [-0.39, 0.29) is 18.1 Å². The summed E-state index contributed by atoms with van der Waals surface area (Å²) in [7, 11) is -1.40. The first-order chi connectivity index (χ1) is 15.5. The van der Waals surface area contributed by atoms with Gasteiger partial charge in [-0.05, 0) is 55.8 Å². The molecule has 33 heavy (non-hydrogen) atoms. The second-order valence-corrected chi connectivity index (χ2v) is 10.5. The Kier molecular flexibility index (Phi) is 9.38. The van der Waals surface area contributed by atoms with Crippen molar-refractivity contribution in [3.05, 3.63) is 64.4 Å². The third-order valence-electron chi connectivity index (χ3n) is 4.89. The van der Waals surface area contributed by atoms with E-state index in [9.17, 15) is 22.4 Å². The predicted molar refractivity (Wildman–Crippen MR) is 129 cm³/mol. The zero-order valence-corrected chi connectivity index (χ0v) is 21.4. The molecule has 0 aromatic heterocycles. The van der Waals surface area contributed by atoms with Gasteiger partial charge in [0.1, 0.15) is 18.4 Å². The summed E-state index contributed by atoms with van der Waals surface area (Å²) in [5.41, 5.74) is 0.893. The van der Waals surface area contributed by atoms with E-state index in [1.54, 1.807) is 19.9 Å². The van der Waals surface area contributed by atoms with Crippen molar-refractivity contribution in [1.29, 1.82) is 0 Å². The highest BCUT2D eigenvalue weighted by Crippen LogP contribution is 2.22. The Morgan fingerprint density at radius 1 is 1.12 bits per heavy atom. The Balaban J connectivity index is 2.44. The number of carbonyl (C=O) groups is 2. The number of hydrogen-bond acceptors (Lipinski definition) is 4. The molecule has 0 bridgehead atoms. The predicted octanol–water partition coefficient (Wildman–Crippen LogP) is 2.75. The minimum absolute atomic E-state index is 0.0931. The van der Waals surface area contributed by atoms with Gasteiger partial charge >= 0.3 is 10.2 Å². The lowest BCUT2D eigenvalue weighted by Crippen LogP contribution is -2.52. The van der Waals surface area contributed by atoms with Gasteiger partial charge in [-0.1, -0.05) is 28.1 Å². The number of carbonyl (C=O) groups excluding carboxylic acids is 2. The number of anilines is 1. The van der Waals surface area contributed by atoms with Crippen LogP contribution in [0.25, 0.3) is 0 Å². The highest BCUT2D eigenvalue weighted by atomic mass is 79.9. The number of amides is 2.